The number of rotatable bonds is 0. The first-order valence-electron chi connectivity index (χ1n) is 5.27. The quantitative estimate of drug-likeness (QED) is 0.698. The van der Waals surface area contributed by atoms with Crippen molar-refractivity contribution >= 4 is 34.0 Å². The zero-order chi connectivity index (χ0) is 12.2. The Morgan fingerprint density at radius 3 is 2.71 bits per heavy atom. The monoisotopic (exact) mass is 226 g/mol. The van der Waals surface area contributed by atoms with Gasteiger partial charge in [0.1, 0.15) is 0 Å². The van der Waals surface area contributed by atoms with E-state index in [0.29, 0.717) is 16.9 Å². The normalized spacial score (nSPS) is 13.5. The second kappa shape index (κ2) is 3.07. The number of nitrogens with two attached hydrogens (primary N) is 1. The van der Waals surface area contributed by atoms with Gasteiger partial charge in [-0.25, -0.2) is 4.90 Å². The van der Waals surface area contributed by atoms with Crippen molar-refractivity contribution in [1.82, 2.24) is 0 Å². The number of amides is 2. The van der Waals surface area contributed by atoms with Crippen molar-refractivity contribution in [3.8, 4) is 0 Å². The lowest BCUT2D eigenvalue weighted by molar-refractivity contribution is -0.115. The molecule has 2 aromatic rings. The molecule has 1 aliphatic heterocycles. The molecule has 2 amide bonds. The topological polar surface area (TPSA) is 63.4 Å². The molecule has 0 saturated carbocycles. The summed E-state index contributed by atoms with van der Waals surface area (Å²) in [6, 6.07) is 8.79. The summed E-state index contributed by atoms with van der Waals surface area (Å²) >= 11 is 0. The summed E-state index contributed by atoms with van der Waals surface area (Å²) in [5.41, 5.74) is 7.66. The fraction of sp³-hybridized carbons (Fsp3) is 0.0769. The maximum Gasteiger partial charge on any atom is 0.265 e. The van der Waals surface area contributed by atoms with Gasteiger partial charge < -0.3 is 5.73 Å². The van der Waals surface area contributed by atoms with Crippen LogP contribution in [0.15, 0.2) is 30.3 Å². The van der Waals surface area contributed by atoms with E-state index in [1.54, 1.807) is 24.3 Å². The predicted molar refractivity (Wildman–Crippen MR) is 65.9 cm³/mol. The number of carbonyl (C=O) groups is 2. The molecule has 0 saturated heterocycles. The van der Waals surface area contributed by atoms with Crippen molar-refractivity contribution < 1.29 is 9.59 Å². The molecule has 84 valence electrons. The highest BCUT2D eigenvalue weighted by Gasteiger charge is 2.32. The van der Waals surface area contributed by atoms with Crippen LogP contribution in [0.3, 0.4) is 0 Å². The Kier molecular flexibility index (Phi) is 1.78. The lowest BCUT2D eigenvalue weighted by Gasteiger charge is -2.12. The van der Waals surface area contributed by atoms with Crippen molar-refractivity contribution in [1.29, 1.82) is 0 Å². The molecule has 0 unspecified atom stereocenters. The van der Waals surface area contributed by atoms with E-state index in [1.807, 2.05) is 6.07 Å². The van der Waals surface area contributed by atoms with E-state index in [0.717, 1.165) is 10.8 Å². The second-order valence-electron chi connectivity index (χ2n) is 4.06. The van der Waals surface area contributed by atoms with Gasteiger partial charge in [-0.05, 0) is 18.2 Å². The molecule has 0 bridgehead atoms. The third-order valence-corrected chi connectivity index (χ3v) is 3.04. The minimum Gasteiger partial charge on any atom is -0.398 e. The molecule has 4 nitrogen and oxygen atoms in total. The average molecular weight is 226 g/mol. The third-order valence-electron chi connectivity index (χ3n) is 3.04. The van der Waals surface area contributed by atoms with Crippen LogP contribution in [0.5, 0.6) is 0 Å². The summed E-state index contributed by atoms with van der Waals surface area (Å²) < 4.78 is 0. The first-order chi connectivity index (χ1) is 8.11. The van der Waals surface area contributed by atoms with Gasteiger partial charge in [0.2, 0.25) is 5.91 Å². The lowest BCUT2D eigenvalue weighted by Crippen LogP contribution is -2.31. The lowest BCUT2D eigenvalue weighted by atomic mass is 10.0. The van der Waals surface area contributed by atoms with E-state index >= 15 is 0 Å². The maximum atomic E-state index is 12.1. The number of imide groups is 1. The molecule has 0 atom stereocenters. The number of anilines is 2. The number of hydrogen-bond acceptors (Lipinski definition) is 3. The van der Waals surface area contributed by atoms with Crippen LogP contribution in [-0.4, -0.2) is 11.8 Å². The number of nitrogen functional groups attached to an aromatic ring is 1. The molecule has 1 aliphatic rings. The fourth-order valence-electron chi connectivity index (χ4n) is 2.32. The van der Waals surface area contributed by atoms with Gasteiger partial charge in [0.25, 0.3) is 5.91 Å². The molecule has 0 aromatic heterocycles. The van der Waals surface area contributed by atoms with E-state index in [2.05, 4.69) is 0 Å². The Morgan fingerprint density at radius 2 is 2.00 bits per heavy atom. The minimum atomic E-state index is -0.280. The van der Waals surface area contributed by atoms with Crippen LogP contribution in [0, 0.1) is 0 Å². The van der Waals surface area contributed by atoms with Crippen LogP contribution in [0.1, 0.15) is 17.3 Å². The smallest absolute Gasteiger partial charge is 0.265 e. The van der Waals surface area contributed by atoms with Crippen molar-refractivity contribution in [2.45, 2.75) is 6.92 Å². The van der Waals surface area contributed by atoms with E-state index in [9.17, 15) is 9.59 Å². The van der Waals surface area contributed by atoms with Gasteiger partial charge in [0, 0.05) is 23.4 Å². The minimum absolute atomic E-state index is 0.274. The molecule has 0 radical (unpaired) electrons. The number of carbonyl (C=O) groups excluding carboxylic acids is 2. The van der Waals surface area contributed by atoms with Gasteiger partial charge in [-0.2, -0.15) is 0 Å². The van der Waals surface area contributed by atoms with Gasteiger partial charge in [-0.15, -0.1) is 0 Å². The Hall–Kier alpha value is -2.36. The molecule has 3 rings (SSSR count). The molecule has 2 N–H and O–H groups in total. The number of nitrogens with zero attached hydrogens (tertiary/aromatic N) is 1. The van der Waals surface area contributed by atoms with E-state index < -0.39 is 0 Å². The maximum absolute atomic E-state index is 12.1. The molecule has 1 heterocycles. The van der Waals surface area contributed by atoms with Crippen LogP contribution >= 0.6 is 0 Å². The van der Waals surface area contributed by atoms with E-state index in [4.69, 9.17) is 5.73 Å². The second-order valence-corrected chi connectivity index (χ2v) is 4.06. The average Bonchev–Trinajstić information content (AvgIpc) is 2.59. The highest BCUT2D eigenvalue weighted by molar-refractivity contribution is 6.34. The predicted octanol–water partition coefficient (Wildman–Crippen LogP) is 1.93. The zero-order valence-electron chi connectivity index (χ0n) is 9.23. The SMILES string of the molecule is CC(=O)N1C(=O)c2cccc3c(N)ccc1c23. The molecule has 4 heteroatoms. The van der Waals surface area contributed by atoms with Crippen LogP contribution in [0.4, 0.5) is 11.4 Å². The standard InChI is InChI=1S/C13H10N2O2/c1-7(16)15-11-6-5-10(14)8-3-2-4-9(12(8)11)13(15)17/h2-6H,14H2,1H3. The summed E-state index contributed by atoms with van der Waals surface area (Å²) in [7, 11) is 0. The number of benzene rings is 2. The van der Waals surface area contributed by atoms with Crippen LogP contribution in [0.2, 0.25) is 0 Å². The molecule has 0 fully saturated rings. The Balaban J connectivity index is 2.47. The summed E-state index contributed by atoms with van der Waals surface area (Å²) in [6.45, 7) is 1.38. The first kappa shape index (κ1) is 9.84. The summed E-state index contributed by atoms with van der Waals surface area (Å²) in [5.74, 6) is -0.555. The van der Waals surface area contributed by atoms with Crippen LogP contribution < -0.4 is 10.6 Å². The van der Waals surface area contributed by atoms with Crippen LogP contribution in [-0.2, 0) is 4.79 Å². The Labute approximate surface area is 97.6 Å². The summed E-state index contributed by atoms with van der Waals surface area (Å²) in [4.78, 5) is 24.8. The zero-order valence-corrected chi connectivity index (χ0v) is 9.23. The molecular weight excluding hydrogens is 216 g/mol. The van der Waals surface area contributed by atoms with E-state index in [-0.39, 0.29) is 11.8 Å². The Bertz CT molecular complexity index is 676. The molecule has 17 heavy (non-hydrogen) atoms. The van der Waals surface area contributed by atoms with Crippen LogP contribution in [0.25, 0.3) is 10.8 Å². The van der Waals surface area contributed by atoms with Gasteiger partial charge >= 0.3 is 0 Å². The summed E-state index contributed by atoms with van der Waals surface area (Å²) in [5, 5.41) is 1.59. The molecule has 0 aliphatic carbocycles. The molecule has 0 spiro atoms. The molecular formula is C13H10N2O2. The third kappa shape index (κ3) is 1.12. The highest BCUT2D eigenvalue weighted by Crippen LogP contribution is 2.39. The van der Waals surface area contributed by atoms with Gasteiger partial charge in [0.05, 0.1) is 11.3 Å². The van der Waals surface area contributed by atoms with Crippen molar-refractivity contribution in [3.05, 3.63) is 35.9 Å². The Morgan fingerprint density at radius 1 is 1.24 bits per heavy atom. The highest BCUT2D eigenvalue weighted by atomic mass is 16.2. The first-order valence-corrected chi connectivity index (χ1v) is 5.27. The van der Waals surface area contributed by atoms with Crippen molar-refractivity contribution in [3.63, 3.8) is 0 Å². The van der Waals surface area contributed by atoms with Gasteiger partial charge in [-0.1, -0.05) is 12.1 Å². The molecule has 2 aromatic carbocycles. The summed E-state index contributed by atoms with van der Waals surface area (Å²) in [6.07, 6.45) is 0. The van der Waals surface area contributed by atoms with Crippen molar-refractivity contribution in [2.24, 2.45) is 0 Å². The fourth-order valence-corrected chi connectivity index (χ4v) is 2.32. The largest absolute Gasteiger partial charge is 0.398 e. The number of hydrogen-bond donors (Lipinski definition) is 1. The van der Waals surface area contributed by atoms with Gasteiger partial charge in [-0.3, -0.25) is 9.59 Å². The van der Waals surface area contributed by atoms with Gasteiger partial charge in [0.15, 0.2) is 0 Å². The van der Waals surface area contributed by atoms with E-state index in [1.165, 1.54) is 11.8 Å². The van der Waals surface area contributed by atoms with Crippen molar-refractivity contribution in [2.75, 3.05) is 10.6 Å².